The molecule has 0 aromatic heterocycles. The van der Waals surface area contributed by atoms with Crippen molar-refractivity contribution in [3.63, 3.8) is 0 Å². The molecule has 1 N–H and O–H groups in total. The van der Waals surface area contributed by atoms with Gasteiger partial charge in [0.25, 0.3) is 0 Å². The van der Waals surface area contributed by atoms with E-state index in [1.165, 1.54) is 33.9 Å². The summed E-state index contributed by atoms with van der Waals surface area (Å²) in [7, 11) is -5.67. The second kappa shape index (κ2) is 9.59. The number of halogens is 6. The molecular formula is C22H22F6N2O4S. The van der Waals surface area contributed by atoms with Crippen molar-refractivity contribution >= 4 is 21.8 Å². The summed E-state index contributed by atoms with van der Waals surface area (Å²) < 4.78 is 107. The lowest BCUT2D eigenvalue weighted by Gasteiger charge is -2.27. The molecule has 1 atom stereocenters. The average Bonchev–Trinajstić information content (AvgIpc) is 2.87. The van der Waals surface area contributed by atoms with Crippen LogP contribution in [0.4, 0.5) is 36.8 Å². The Labute approximate surface area is 197 Å². The number of para-hydroxylation sites is 1. The molecule has 1 saturated heterocycles. The Morgan fingerprint density at radius 3 is 2.40 bits per heavy atom. The molecule has 3 rings (SSSR count). The summed E-state index contributed by atoms with van der Waals surface area (Å²) in [5, 5.41) is 0. The van der Waals surface area contributed by atoms with Gasteiger partial charge in [0, 0.05) is 12.0 Å². The molecule has 2 aromatic carbocycles. The number of ether oxygens (including phenoxy) is 1. The predicted octanol–water partition coefficient (Wildman–Crippen LogP) is 5.56. The van der Waals surface area contributed by atoms with Crippen LogP contribution in [0.3, 0.4) is 0 Å². The van der Waals surface area contributed by atoms with Crippen molar-refractivity contribution < 1.29 is 44.3 Å². The fourth-order valence-corrected chi connectivity index (χ4v) is 4.30. The van der Waals surface area contributed by atoms with Crippen molar-refractivity contribution in [2.45, 2.75) is 38.0 Å². The number of alkyl halides is 6. The standard InChI is InChI=1S/C22H22F6N2O4S/c1-20(12-15-5-4-7-17(11-15)21(23,24)25)9-10-30(19(31)34-14-20)13-16-6-2-3-8-18(16)29-35(32,33)22(26,27)28/h2-8,11,29H,9-10,12-14H2,1H3. The Balaban J connectivity index is 1.75. The van der Waals surface area contributed by atoms with Gasteiger partial charge >= 0.3 is 27.8 Å². The van der Waals surface area contributed by atoms with Gasteiger partial charge in [-0.15, -0.1) is 0 Å². The monoisotopic (exact) mass is 524 g/mol. The number of carbonyl (C=O) groups excluding carboxylic acids is 1. The zero-order chi connectivity index (χ0) is 26.1. The second-order valence-electron chi connectivity index (χ2n) is 8.62. The molecule has 0 bridgehead atoms. The third-order valence-corrected chi connectivity index (χ3v) is 6.70. The number of nitrogens with zero attached hydrogens (tertiary/aromatic N) is 1. The van der Waals surface area contributed by atoms with Crippen LogP contribution in [0.2, 0.25) is 0 Å². The van der Waals surface area contributed by atoms with Crippen LogP contribution in [0.1, 0.15) is 30.0 Å². The number of rotatable bonds is 6. The number of anilines is 1. The first-order chi connectivity index (χ1) is 16.1. The number of benzene rings is 2. The summed E-state index contributed by atoms with van der Waals surface area (Å²) >= 11 is 0. The molecule has 1 heterocycles. The molecule has 0 radical (unpaired) electrons. The van der Waals surface area contributed by atoms with E-state index in [4.69, 9.17) is 4.74 Å². The third kappa shape index (κ3) is 6.59. The van der Waals surface area contributed by atoms with E-state index in [1.807, 2.05) is 0 Å². The Hall–Kier alpha value is -2.96. The van der Waals surface area contributed by atoms with Crippen LogP contribution in [-0.2, 0) is 33.9 Å². The fourth-order valence-electron chi connectivity index (χ4n) is 3.70. The average molecular weight is 524 g/mol. The van der Waals surface area contributed by atoms with E-state index in [9.17, 15) is 39.6 Å². The van der Waals surface area contributed by atoms with Crippen LogP contribution in [0.25, 0.3) is 0 Å². The number of nitrogens with one attached hydrogen (secondary N) is 1. The Morgan fingerprint density at radius 2 is 1.74 bits per heavy atom. The highest BCUT2D eigenvalue weighted by molar-refractivity contribution is 7.93. The van der Waals surface area contributed by atoms with Crippen molar-refractivity contribution in [2.75, 3.05) is 17.9 Å². The van der Waals surface area contributed by atoms with E-state index in [0.29, 0.717) is 12.0 Å². The van der Waals surface area contributed by atoms with Gasteiger partial charge in [-0.25, -0.2) is 4.79 Å². The molecular weight excluding hydrogens is 502 g/mol. The zero-order valence-electron chi connectivity index (χ0n) is 18.4. The molecule has 35 heavy (non-hydrogen) atoms. The van der Waals surface area contributed by atoms with Gasteiger partial charge in [0.15, 0.2) is 0 Å². The quantitative estimate of drug-likeness (QED) is 0.503. The molecule has 0 spiro atoms. The number of carbonyl (C=O) groups is 1. The first kappa shape index (κ1) is 26.6. The molecule has 6 nitrogen and oxygen atoms in total. The van der Waals surface area contributed by atoms with E-state index in [-0.39, 0.29) is 37.4 Å². The van der Waals surface area contributed by atoms with E-state index < -0.39 is 38.8 Å². The smallest absolute Gasteiger partial charge is 0.449 e. The molecule has 1 aliphatic rings. The maximum Gasteiger partial charge on any atom is 0.516 e. The van der Waals surface area contributed by atoms with Crippen molar-refractivity contribution in [1.29, 1.82) is 0 Å². The Morgan fingerprint density at radius 1 is 1.06 bits per heavy atom. The van der Waals surface area contributed by atoms with Crippen molar-refractivity contribution in [3.05, 3.63) is 65.2 Å². The van der Waals surface area contributed by atoms with Gasteiger partial charge in [0.2, 0.25) is 0 Å². The highest BCUT2D eigenvalue weighted by Crippen LogP contribution is 2.34. The fraction of sp³-hybridized carbons (Fsp3) is 0.409. The van der Waals surface area contributed by atoms with Crippen LogP contribution in [0, 0.1) is 5.41 Å². The minimum atomic E-state index is -5.67. The molecule has 0 aliphatic carbocycles. The summed E-state index contributed by atoms with van der Waals surface area (Å²) in [6.45, 7) is 1.53. The van der Waals surface area contributed by atoms with Crippen LogP contribution < -0.4 is 4.72 Å². The summed E-state index contributed by atoms with van der Waals surface area (Å²) in [4.78, 5) is 13.7. The maximum atomic E-state index is 13.0. The number of hydrogen-bond donors (Lipinski definition) is 1. The number of amides is 1. The molecule has 2 aromatic rings. The van der Waals surface area contributed by atoms with Gasteiger partial charge in [0.05, 0.1) is 24.4 Å². The molecule has 13 heteroatoms. The van der Waals surface area contributed by atoms with E-state index in [1.54, 1.807) is 13.0 Å². The van der Waals surface area contributed by atoms with Crippen molar-refractivity contribution in [3.8, 4) is 0 Å². The van der Waals surface area contributed by atoms with Crippen LogP contribution >= 0.6 is 0 Å². The summed E-state index contributed by atoms with van der Waals surface area (Å²) in [6.07, 6.45) is -4.75. The number of sulfonamides is 1. The highest BCUT2D eigenvalue weighted by Gasteiger charge is 2.46. The maximum absolute atomic E-state index is 13.0. The van der Waals surface area contributed by atoms with Crippen molar-refractivity contribution in [1.82, 2.24) is 4.90 Å². The van der Waals surface area contributed by atoms with Crippen LogP contribution in [0.15, 0.2) is 48.5 Å². The topological polar surface area (TPSA) is 75.7 Å². The highest BCUT2D eigenvalue weighted by atomic mass is 32.2. The SMILES string of the molecule is CC1(Cc2cccc(C(F)(F)F)c2)CCN(Cc2ccccc2NS(=O)(=O)C(F)(F)F)C(=O)OC1. The lowest BCUT2D eigenvalue weighted by atomic mass is 9.81. The molecule has 0 saturated carbocycles. The number of hydrogen-bond acceptors (Lipinski definition) is 4. The molecule has 1 amide bonds. The Bertz CT molecular complexity index is 1180. The first-order valence-corrected chi connectivity index (χ1v) is 11.8. The van der Waals surface area contributed by atoms with E-state index >= 15 is 0 Å². The Kier molecular flexibility index (Phi) is 7.30. The lowest BCUT2D eigenvalue weighted by molar-refractivity contribution is -0.137. The summed E-state index contributed by atoms with van der Waals surface area (Å²) in [6, 6.07) is 10.2. The minimum Gasteiger partial charge on any atom is -0.449 e. The van der Waals surface area contributed by atoms with E-state index in [0.717, 1.165) is 18.2 Å². The third-order valence-electron chi connectivity index (χ3n) is 5.60. The van der Waals surface area contributed by atoms with E-state index in [2.05, 4.69) is 0 Å². The molecule has 1 fully saturated rings. The van der Waals surface area contributed by atoms with Gasteiger partial charge in [-0.1, -0.05) is 43.3 Å². The van der Waals surface area contributed by atoms with Gasteiger partial charge in [0.1, 0.15) is 0 Å². The minimum absolute atomic E-state index is 0.0824. The summed E-state index contributed by atoms with van der Waals surface area (Å²) in [5.41, 5.74) is -6.83. The summed E-state index contributed by atoms with van der Waals surface area (Å²) in [5.74, 6) is 0. The largest absolute Gasteiger partial charge is 0.516 e. The first-order valence-electron chi connectivity index (χ1n) is 10.3. The van der Waals surface area contributed by atoms with Crippen LogP contribution in [0.5, 0.6) is 0 Å². The molecule has 1 unspecified atom stereocenters. The normalized spacial score (nSPS) is 19.7. The lowest BCUT2D eigenvalue weighted by Crippen LogP contribution is -2.32. The molecule has 192 valence electrons. The van der Waals surface area contributed by atoms with Gasteiger partial charge in [-0.3, -0.25) is 4.72 Å². The van der Waals surface area contributed by atoms with Gasteiger partial charge in [-0.2, -0.15) is 34.8 Å². The molecule has 1 aliphatic heterocycles. The van der Waals surface area contributed by atoms with Crippen LogP contribution in [-0.4, -0.2) is 38.1 Å². The van der Waals surface area contributed by atoms with Gasteiger partial charge in [-0.05, 0) is 36.1 Å². The zero-order valence-corrected chi connectivity index (χ0v) is 19.2. The van der Waals surface area contributed by atoms with Gasteiger partial charge < -0.3 is 9.64 Å². The van der Waals surface area contributed by atoms with Crippen molar-refractivity contribution in [2.24, 2.45) is 5.41 Å². The number of cyclic esters (lactones) is 1. The second-order valence-corrected chi connectivity index (χ2v) is 10.3. The predicted molar refractivity (Wildman–Crippen MR) is 115 cm³/mol.